The molecule has 0 amide bonds. The third kappa shape index (κ3) is 3.69. The number of nitrogens with one attached hydrogen (secondary N) is 1. The number of nitrogens with zero attached hydrogens (tertiary/aromatic N) is 2. The van der Waals surface area contributed by atoms with Crippen LogP contribution in [0.25, 0.3) is 5.52 Å². The van der Waals surface area contributed by atoms with Crippen molar-refractivity contribution in [3.63, 3.8) is 0 Å². The second-order valence-electron chi connectivity index (χ2n) is 7.99. The van der Waals surface area contributed by atoms with Crippen LogP contribution in [-0.2, 0) is 0 Å². The van der Waals surface area contributed by atoms with Gasteiger partial charge in [-0.05, 0) is 68.3 Å². The molecule has 3 heterocycles. The zero-order valence-electron chi connectivity index (χ0n) is 16.7. The SMILES string of the molecule is CCNC[C@@H]1CCN(c2c(F)cn3c(=O)c(OC(=O)O)cc(C4CC4)c3c2C)C1. The Morgan fingerprint density at radius 3 is 2.79 bits per heavy atom. The molecule has 2 fully saturated rings. The molecule has 0 unspecified atom stereocenters. The van der Waals surface area contributed by atoms with E-state index in [9.17, 15) is 9.59 Å². The monoisotopic (exact) mass is 403 g/mol. The van der Waals surface area contributed by atoms with Gasteiger partial charge in [0.2, 0.25) is 0 Å². The number of aryl methyl sites for hydroxylation is 1. The smallest absolute Gasteiger partial charge is 0.449 e. The zero-order chi connectivity index (χ0) is 20.7. The summed E-state index contributed by atoms with van der Waals surface area (Å²) in [5.41, 5.74) is 2.11. The normalized spacial score (nSPS) is 19.1. The van der Waals surface area contributed by atoms with Crippen LogP contribution in [0.1, 0.15) is 43.2 Å². The lowest BCUT2D eigenvalue weighted by Gasteiger charge is -2.24. The highest BCUT2D eigenvalue weighted by Gasteiger charge is 2.32. The lowest BCUT2D eigenvalue weighted by molar-refractivity contribution is 0.143. The maximum atomic E-state index is 15.2. The van der Waals surface area contributed by atoms with Crippen molar-refractivity contribution >= 4 is 17.4 Å². The number of carboxylic acid groups (broad SMARTS) is 1. The Morgan fingerprint density at radius 1 is 1.38 bits per heavy atom. The third-order valence-electron chi connectivity index (χ3n) is 5.91. The number of carbonyl (C=O) groups is 1. The minimum atomic E-state index is -1.55. The molecule has 1 atom stereocenters. The summed E-state index contributed by atoms with van der Waals surface area (Å²) in [5.74, 6) is -0.0639. The molecule has 0 spiro atoms. The summed E-state index contributed by atoms with van der Waals surface area (Å²) in [6.45, 7) is 7.27. The van der Waals surface area contributed by atoms with Gasteiger partial charge < -0.3 is 20.1 Å². The van der Waals surface area contributed by atoms with Crippen LogP contribution in [0.4, 0.5) is 14.9 Å². The van der Waals surface area contributed by atoms with Gasteiger partial charge in [-0.3, -0.25) is 9.20 Å². The number of fused-ring (bicyclic) bond motifs is 1. The van der Waals surface area contributed by atoms with E-state index in [1.54, 1.807) is 0 Å². The van der Waals surface area contributed by atoms with E-state index in [0.717, 1.165) is 56.6 Å². The quantitative estimate of drug-likeness (QED) is 0.721. The Hall–Kier alpha value is -2.61. The molecule has 2 aromatic heterocycles. The molecule has 1 saturated carbocycles. The van der Waals surface area contributed by atoms with Gasteiger partial charge in [0.1, 0.15) is 0 Å². The second-order valence-corrected chi connectivity index (χ2v) is 7.99. The minimum absolute atomic E-state index is 0.235. The van der Waals surface area contributed by atoms with Gasteiger partial charge in [-0.25, -0.2) is 9.18 Å². The number of hydrogen-bond acceptors (Lipinski definition) is 5. The van der Waals surface area contributed by atoms with Gasteiger partial charge in [0.15, 0.2) is 11.6 Å². The molecule has 156 valence electrons. The van der Waals surface area contributed by atoms with Crippen LogP contribution in [0, 0.1) is 18.7 Å². The topological polar surface area (TPSA) is 83.3 Å². The first-order valence-electron chi connectivity index (χ1n) is 10.2. The standard InChI is InChI=1S/C21H26FN3O4/c1-3-23-9-13-6-7-24(10-13)19-12(2)18-15(14-4-5-14)8-17(29-21(27)28)20(26)25(18)11-16(19)22/h8,11,13-14,23H,3-7,9-10H2,1-2H3,(H,27,28)/t13-/m0/s1. The number of hydrogen-bond donors (Lipinski definition) is 2. The number of pyridine rings is 2. The van der Waals surface area contributed by atoms with Crippen molar-refractivity contribution in [2.24, 2.45) is 5.92 Å². The Morgan fingerprint density at radius 2 is 2.14 bits per heavy atom. The van der Waals surface area contributed by atoms with E-state index in [4.69, 9.17) is 5.11 Å². The molecule has 8 heteroatoms. The first-order chi connectivity index (χ1) is 13.9. The van der Waals surface area contributed by atoms with Crippen LogP contribution in [0.2, 0.25) is 0 Å². The molecule has 29 heavy (non-hydrogen) atoms. The van der Waals surface area contributed by atoms with Gasteiger partial charge in [-0.1, -0.05) is 6.92 Å². The van der Waals surface area contributed by atoms with Gasteiger partial charge in [-0.2, -0.15) is 0 Å². The van der Waals surface area contributed by atoms with Crippen LogP contribution < -0.4 is 20.5 Å². The molecule has 1 saturated heterocycles. The zero-order valence-corrected chi connectivity index (χ0v) is 16.7. The minimum Gasteiger partial charge on any atom is -0.449 e. The van der Waals surface area contributed by atoms with Crippen molar-refractivity contribution in [3.8, 4) is 5.75 Å². The van der Waals surface area contributed by atoms with Gasteiger partial charge in [0, 0.05) is 13.1 Å². The Bertz CT molecular complexity index is 1020. The first kappa shape index (κ1) is 19.7. The van der Waals surface area contributed by atoms with Crippen molar-refractivity contribution in [1.82, 2.24) is 9.72 Å². The van der Waals surface area contributed by atoms with Crippen molar-refractivity contribution in [1.29, 1.82) is 0 Å². The third-order valence-corrected chi connectivity index (χ3v) is 5.91. The maximum absolute atomic E-state index is 15.2. The molecule has 0 aromatic carbocycles. The van der Waals surface area contributed by atoms with E-state index < -0.39 is 17.5 Å². The van der Waals surface area contributed by atoms with Crippen LogP contribution >= 0.6 is 0 Å². The van der Waals surface area contributed by atoms with Crippen molar-refractivity contribution < 1.29 is 19.0 Å². The summed E-state index contributed by atoms with van der Waals surface area (Å²) in [7, 11) is 0. The fourth-order valence-electron chi connectivity index (χ4n) is 4.43. The predicted octanol–water partition coefficient (Wildman–Crippen LogP) is 3.12. The predicted molar refractivity (Wildman–Crippen MR) is 108 cm³/mol. The van der Waals surface area contributed by atoms with Crippen molar-refractivity contribution in [2.75, 3.05) is 31.1 Å². The van der Waals surface area contributed by atoms with Crippen LogP contribution in [0.3, 0.4) is 0 Å². The van der Waals surface area contributed by atoms with Gasteiger partial charge >= 0.3 is 6.16 Å². The molecule has 7 nitrogen and oxygen atoms in total. The largest absolute Gasteiger partial charge is 0.511 e. The summed E-state index contributed by atoms with van der Waals surface area (Å²) in [5, 5.41) is 12.3. The van der Waals surface area contributed by atoms with Crippen LogP contribution in [0.5, 0.6) is 5.75 Å². The highest BCUT2D eigenvalue weighted by atomic mass is 19.1. The molecular formula is C21H26FN3O4. The Kier molecular flexibility index (Phi) is 5.21. The number of rotatable bonds is 6. The van der Waals surface area contributed by atoms with Crippen LogP contribution in [0.15, 0.2) is 17.1 Å². The molecule has 0 radical (unpaired) electrons. The highest BCUT2D eigenvalue weighted by molar-refractivity contribution is 5.74. The van der Waals surface area contributed by atoms with E-state index in [0.29, 0.717) is 17.1 Å². The van der Waals surface area contributed by atoms with Crippen LogP contribution in [-0.4, -0.2) is 41.8 Å². The van der Waals surface area contributed by atoms with Gasteiger partial charge in [0.25, 0.3) is 5.56 Å². The van der Waals surface area contributed by atoms with E-state index in [2.05, 4.69) is 21.9 Å². The summed E-state index contributed by atoms with van der Waals surface area (Å²) in [6.07, 6.45) is 2.53. The molecule has 1 aliphatic carbocycles. The highest BCUT2D eigenvalue weighted by Crippen LogP contribution is 2.44. The van der Waals surface area contributed by atoms with E-state index in [1.807, 2.05) is 6.92 Å². The summed E-state index contributed by atoms with van der Waals surface area (Å²) in [6, 6.07) is 1.52. The number of anilines is 1. The lowest BCUT2D eigenvalue weighted by atomic mass is 10.0. The number of halogens is 1. The van der Waals surface area contributed by atoms with Crippen molar-refractivity contribution in [2.45, 2.75) is 39.0 Å². The molecule has 2 aromatic rings. The fourth-order valence-corrected chi connectivity index (χ4v) is 4.43. The number of ether oxygens (including phenoxy) is 1. The lowest BCUT2D eigenvalue weighted by Crippen LogP contribution is -2.28. The summed E-state index contributed by atoms with van der Waals surface area (Å²) < 4.78 is 21.1. The summed E-state index contributed by atoms with van der Waals surface area (Å²) in [4.78, 5) is 25.8. The summed E-state index contributed by atoms with van der Waals surface area (Å²) >= 11 is 0. The average Bonchev–Trinajstić information content (AvgIpc) is 3.41. The molecule has 2 aliphatic rings. The van der Waals surface area contributed by atoms with E-state index in [1.165, 1.54) is 16.7 Å². The molecule has 2 N–H and O–H groups in total. The van der Waals surface area contributed by atoms with Gasteiger partial charge in [0.05, 0.1) is 17.4 Å². The molecular weight excluding hydrogens is 377 g/mol. The second kappa shape index (κ2) is 7.67. The van der Waals surface area contributed by atoms with E-state index >= 15 is 4.39 Å². The Balaban J connectivity index is 1.81. The molecule has 0 bridgehead atoms. The average molecular weight is 403 g/mol. The van der Waals surface area contributed by atoms with Gasteiger partial charge in [-0.15, -0.1) is 0 Å². The molecule has 1 aliphatic heterocycles. The maximum Gasteiger partial charge on any atom is 0.511 e. The number of aromatic nitrogens is 1. The Labute approximate surface area is 168 Å². The first-order valence-corrected chi connectivity index (χ1v) is 10.2. The van der Waals surface area contributed by atoms with Crippen molar-refractivity contribution in [3.05, 3.63) is 39.6 Å². The fraction of sp³-hybridized carbons (Fsp3) is 0.524. The van der Waals surface area contributed by atoms with E-state index in [-0.39, 0.29) is 11.7 Å². The molecule has 4 rings (SSSR count).